The van der Waals surface area contributed by atoms with Crippen LogP contribution < -0.4 is 10.2 Å². The van der Waals surface area contributed by atoms with Gasteiger partial charge in [-0.15, -0.1) is 0 Å². The number of alkyl carbamates (subject to hydrolysis) is 1. The van der Waals surface area contributed by atoms with E-state index in [9.17, 15) is 14.4 Å². The number of benzodiazepines with no additional fused rings is 1. The van der Waals surface area contributed by atoms with E-state index >= 15 is 0 Å². The Hall–Kier alpha value is -3.76. The largest absolute Gasteiger partial charge is 0.445 e. The molecule has 0 bridgehead atoms. The minimum absolute atomic E-state index is 0.0648. The molecule has 10 heteroatoms. The van der Waals surface area contributed by atoms with Crippen molar-refractivity contribution < 1.29 is 23.9 Å². The molecule has 38 heavy (non-hydrogen) atoms. The van der Waals surface area contributed by atoms with E-state index in [-0.39, 0.29) is 19.1 Å². The van der Waals surface area contributed by atoms with Crippen LogP contribution in [-0.2, 0) is 25.7 Å². The van der Waals surface area contributed by atoms with Crippen LogP contribution in [0.25, 0.3) is 0 Å². The van der Waals surface area contributed by atoms with Gasteiger partial charge in [0.2, 0.25) is 12.1 Å². The molecule has 2 saturated heterocycles. The molecule has 3 aliphatic rings. The molecule has 0 radical (unpaired) electrons. The summed E-state index contributed by atoms with van der Waals surface area (Å²) in [6.45, 7) is 4.54. The van der Waals surface area contributed by atoms with E-state index in [1.807, 2.05) is 54.6 Å². The van der Waals surface area contributed by atoms with Gasteiger partial charge in [0.25, 0.3) is 5.91 Å². The van der Waals surface area contributed by atoms with Crippen LogP contribution in [0.4, 0.5) is 10.5 Å². The second-order valence-corrected chi connectivity index (χ2v) is 9.60. The van der Waals surface area contributed by atoms with Crippen molar-refractivity contribution in [2.45, 2.75) is 25.6 Å². The molecule has 3 amide bonds. The van der Waals surface area contributed by atoms with Crippen LogP contribution in [0.1, 0.15) is 24.0 Å². The van der Waals surface area contributed by atoms with Crippen LogP contribution >= 0.6 is 0 Å². The summed E-state index contributed by atoms with van der Waals surface area (Å²) in [5.74, 6) is -0.591. The number of hydrogen-bond donors (Lipinski definition) is 1. The molecule has 1 unspecified atom stereocenters. The molecule has 10 nitrogen and oxygen atoms in total. The number of nitrogens with one attached hydrogen (secondary N) is 1. The van der Waals surface area contributed by atoms with Gasteiger partial charge in [0.15, 0.2) is 0 Å². The number of anilines is 1. The van der Waals surface area contributed by atoms with Crippen molar-refractivity contribution in [1.82, 2.24) is 15.1 Å². The van der Waals surface area contributed by atoms with Gasteiger partial charge in [-0.3, -0.25) is 29.7 Å². The zero-order valence-corrected chi connectivity index (χ0v) is 21.4. The van der Waals surface area contributed by atoms with Crippen molar-refractivity contribution in [2.75, 3.05) is 57.4 Å². The van der Waals surface area contributed by atoms with Gasteiger partial charge in [0.1, 0.15) is 13.2 Å². The van der Waals surface area contributed by atoms with Gasteiger partial charge in [-0.25, -0.2) is 4.79 Å². The molecule has 2 aromatic carbocycles. The van der Waals surface area contributed by atoms with Crippen LogP contribution in [0, 0.1) is 0 Å². The zero-order valence-electron chi connectivity index (χ0n) is 21.4. The monoisotopic (exact) mass is 519 g/mol. The molecule has 0 aromatic heterocycles. The van der Waals surface area contributed by atoms with Crippen LogP contribution in [0.3, 0.4) is 0 Å². The molecule has 5 rings (SSSR count). The second kappa shape index (κ2) is 12.2. The Labute approximate surface area is 222 Å². The summed E-state index contributed by atoms with van der Waals surface area (Å²) in [5.41, 5.74) is 2.87. The summed E-state index contributed by atoms with van der Waals surface area (Å²) in [6, 6.07) is 16.8. The normalized spacial score (nSPS) is 19.9. The quantitative estimate of drug-likeness (QED) is 0.601. The number of rotatable bonds is 7. The number of fused-ring (bicyclic) bond motifs is 1. The van der Waals surface area contributed by atoms with E-state index in [0.717, 1.165) is 37.1 Å². The average molecular weight is 520 g/mol. The second-order valence-electron chi connectivity index (χ2n) is 9.60. The fraction of sp³-hybridized carbons (Fsp3) is 0.429. The summed E-state index contributed by atoms with van der Waals surface area (Å²) in [5, 5.41) is 2.65. The van der Waals surface area contributed by atoms with Crippen molar-refractivity contribution in [2.24, 2.45) is 4.99 Å². The van der Waals surface area contributed by atoms with Gasteiger partial charge in [-0.2, -0.15) is 0 Å². The number of carbonyl (C=O) groups excluding carboxylic acids is 3. The Morgan fingerprint density at radius 2 is 1.68 bits per heavy atom. The summed E-state index contributed by atoms with van der Waals surface area (Å²) < 4.78 is 10.9. The summed E-state index contributed by atoms with van der Waals surface area (Å²) in [4.78, 5) is 49.9. The predicted octanol–water partition coefficient (Wildman–Crippen LogP) is 2.03. The highest BCUT2D eigenvalue weighted by molar-refractivity contribution is 6.15. The lowest BCUT2D eigenvalue weighted by Gasteiger charge is -2.28. The molecule has 2 aromatic rings. The highest BCUT2D eigenvalue weighted by Crippen LogP contribution is 2.27. The van der Waals surface area contributed by atoms with Crippen molar-refractivity contribution >= 4 is 29.3 Å². The lowest BCUT2D eigenvalue weighted by molar-refractivity contribution is -0.130. The molecule has 2 fully saturated rings. The minimum atomic E-state index is -1.23. The maximum Gasteiger partial charge on any atom is 0.409 e. The lowest BCUT2D eigenvalue weighted by Crippen LogP contribution is -2.50. The number of para-hydroxylation sites is 1. The van der Waals surface area contributed by atoms with Crippen molar-refractivity contribution in [3.63, 3.8) is 0 Å². The molecule has 0 aliphatic carbocycles. The van der Waals surface area contributed by atoms with Gasteiger partial charge in [-0.05, 0) is 24.5 Å². The number of hydrogen-bond acceptors (Lipinski definition) is 7. The van der Waals surface area contributed by atoms with E-state index in [1.54, 1.807) is 4.90 Å². The summed E-state index contributed by atoms with van der Waals surface area (Å²) in [6.07, 6.45) is -0.0624. The molecular weight excluding hydrogens is 486 g/mol. The third-order valence-corrected chi connectivity index (χ3v) is 6.99. The maximum absolute atomic E-state index is 13.9. The molecule has 200 valence electrons. The Balaban J connectivity index is 1.41. The number of carbonyl (C=O) groups is 3. The highest BCUT2D eigenvalue weighted by atomic mass is 16.5. The zero-order chi connectivity index (χ0) is 26.3. The van der Waals surface area contributed by atoms with Crippen LogP contribution in [0.5, 0.6) is 0 Å². The number of ether oxygens (including phenoxy) is 2. The SMILES string of the molecule is O=C(NC1N=C(CN2CCOCC2)c2ccccc2N(CC(=O)N2CCCC2)C1=O)OCc1ccccc1. The molecule has 3 aliphatic heterocycles. The fourth-order valence-electron chi connectivity index (χ4n) is 4.93. The smallest absolute Gasteiger partial charge is 0.409 e. The Bertz CT molecular complexity index is 1180. The van der Waals surface area contributed by atoms with E-state index in [4.69, 9.17) is 14.5 Å². The first-order valence-electron chi connectivity index (χ1n) is 13.1. The van der Waals surface area contributed by atoms with Gasteiger partial charge in [-0.1, -0.05) is 48.5 Å². The van der Waals surface area contributed by atoms with Crippen molar-refractivity contribution in [1.29, 1.82) is 0 Å². The first-order valence-corrected chi connectivity index (χ1v) is 13.1. The van der Waals surface area contributed by atoms with E-state index < -0.39 is 18.2 Å². The van der Waals surface area contributed by atoms with Gasteiger partial charge in [0.05, 0.1) is 24.6 Å². The first-order chi connectivity index (χ1) is 18.6. The number of aliphatic imine (C=N–C) groups is 1. The van der Waals surface area contributed by atoms with Crippen LogP contribution in [0.15, 0.2) is 59.6 Å². The topological polar surface area (TPSA) is 104 Å². The first kappa shape index (κ1) is 25.9. The fourth-order valence-corrected chi connectivity index (χ4v) is 4.93. The lowest BCUT2D eigenvalue weighted by atomic mass is 10.1. The molecule has 3 heterocycles. The van der Waals surface area contributed by atoms with E-state index in [0.29, 0.717) is 44.2 Å². The number of amides is 3. The Kier molecular flexibility index (Phi) is 8.30. The number of nitrogens with zero attached hydrogens (tertiary/aromatic N) is 4. The average Bonchev–Trinajstić information content (AvgIpc) is 3.47. The molecule has 1 N–H and O–H groups in total. The number of likely N-dealkylation sites (tertiary alicyclic amines) is 1. The predicted molar refractivity (Wildman–Crippen MR) is 142 cm³/mol. The van der Waals surface area contributed by atoms with Gasteiger partial charge in [0, 0.05) is 38.3 Å². The minimum Gasteiger partial charge on any atom is -0.445 e. The Morgan fingerprint density at radius 1 is 0.974 bits per heavy atom. The van der Waals surface area contributed by atoms with Crippen LogP contribution in [-0.4, -0.2) is 92.1 Å². The number of morpholine rings is 1. The summed E-state index contributed by atoms with van der Waals surface area (Å²) >= 11 is 0. The van der Waals surface area contributed by atoms with Crippen molar-refractivity contribution in [3.8, 4) is 0 Å². The van der Waals surface area contributed by atoms with Crippen molar-refractivity contribution in [3.05, 3.63) is 65.7 Å². The Morgan fingerprint density at radius 3 is 2.45 bits per heavy atom. The van der Waals surface area contributed by atoms with Gasteiger partial charge < -0.3 is 14.4 Å². The standard InChI is InChI=1S/C28H33N5O5/c34-25(32-12-6-7-13-32)19-33-24-11-5-4-10-22(24)23(18-31-14-16-37-17-15-31)29-26(27(33)35)30-28(36)38-20-21-8-2-1-3-9-21/h1-5,8-11,26H,6-7,12-20H2,(H,30,36). The molecule has 0 saturated carbocycles. The van der Waals surface area contributed by atoms with Gasteiger partial charge >= 0.3 is 6.09 Å². The molecule has 1 atom stereocenters. The maximum atomic E-state index is 13.9. The number of benzene rings is 2. The third-order valence-electron chi connectivity index (χ3n) is 6.99. The van der Waals surface area contributed by atoms with E-state index in [1.165, 1.54) is 4.90 Å². The third kappa shape index (κ3) is 6.20. The molecule has 0 spiro atoms. The van der Waals surface area contributed by atoms with Crippen LogP contribution in [0.2, 0.25) is 0 Å². The van der Waals surface area contributed by atoms with E-state index in [2.05, 4.69) is 10.2 Å². The molecular formula is C28H33N5O5. The highest BCUT2D eigenvalue weighted by Gasteiger charge is 2.35. The summed E-state index contributed by atoms with van der Waals surface area (Å²) in [7, 11) is 0.